The largest absolute Gasteiger partial charge is 0.508 e. The van der Waals surface area contributed by atoms with Gasteiger partial charge in [-0.15, -0.1) is 0 Å². The minimum absolute atomic E-state index is 0.149. The predicted molar refractivity (Wildman–Crippen MR) is 152 cm³/mol. The minimum atomic E-state index is -0.690. The normalized spacial score (nSPS) is 18.7. The van der Waals surface area contributed by atoms with Crippen LogP contribution in [0.3, 0.4) is 0 Å². The lowest BCUT2D eigenvalue weighted by atomic mass is 9.85. The van der Waals surface area contributed by atoms with Gasteiger partial charge in [-0.1, -0.05) is 36.4 Å². The van der Waals surface area contributed by atoms with Gasteiger partial charge in [0.05, 0.1) is 6.61 Å². The van der Waals surface area contributed by atoms with Crippen molar-refractivity contribution in [2.45, 2.75) is 24.2 Å². The molecule has 0 spiro atoms. The van der Waals surface area contributed by atoms with Crippen molar-refractivity contribution in [3.8, 4) is 17.2 Å². The first-order chi connectivity index (χ1) is 21.5. The number of rotatable bonds is 16. The van der Waals surface area contributed by atoms with Crippen molar-refractivity contribution in [3.63, 3.8) is 0 Å². The van der Waals surface area contributed by atoms with E-state index in [4.69, 9.17) is 42.6 Å². The van der Waals surface area contributed by atoms with Crippen molar-refractivity contribution in [3.05, 3.63) is 89.5 Å². The molecule has 5 rings (SSSR count). The summed E-state index contributed by atoms with van der Waals surface area (Å²) in [4.78, 5) is 33.1. The van der Waals surface area contributed by atoms with Gasteiger partial charge in [0.2, 0.25) is 0 Å². The van der Waals surface area contributed by atoms with Crippen LogP contribution in [0.15, 0.2) is 72.8 Å². The molecule has 0 aromatic heterocycles. The van der Waals surface area contributed by atoms with Crippen molar-refractivity contribution >= 4 is 18.8 Å². The number of cyclic esters (lactones) is 4. The second-order valence-electron chi connectivity index (χ2n) is 9.98. The minimum Gasteiger partial charge on any atom is -0.490 e. The van der Waals surface area contributed by atoms with Crippen LogP contribution in [0.5, 0.6) is 17.2 Å². The molecule has 3 aromatic rings. The van der Waals surface area contributed by atoms with E-state index in [1.807, 2.05) is 72.8 Å². The van der Waals surface area contributed by atoms with Crippen LogP contribution in [0.4, 0.5) is 9.59 Å². The maximum absolute atomic E-state index is 11.2. The number of hydrogen-bond donors (Lipinski definition) is 0. The number of methoxy groups -OCH3 is 1. The van der Waals surface area contributed by atoms with Gasteiger partial charge < -0.3 is 42.6 Å². The molecule has 3 aromatic carbocycles. The summed E-state index contributed by atoms with van der Waals surface area (Å²) in [6, 6.07) is 23.0. The molecule has 44 heavy (non-hydrogen) atoms. The van der Waals surface area contributed by atoms with E-state index in [0.717, 1.165) is 16.7 Å². The summed E-state index contributed by atoms with van der Waals surface area (Å²) in [6.07, 6.45) is -2.79. The van der Waals surface area contributed by atoms with Crippen LogP contribution in [0.2, 0.25) is 0 Å². The lowest BCUT2D eigenvalue weighted by Gasteiger charge is -2.21. The smallest absolute Gasteiger partial charge is 0.490 e. The molecular formula is C32H32O12. The Hall–Kier alpha value is -4.97. The first-order valence-corrected chi connectivity index (χ1v) is 13.9. The molecule has 0 amide bonds. The van der Waals surface area contributed by atoms with E-state index in [1.165, 1.54) is 7.11 Å². The average Bonchev–Trinajstić information content (AvgIpc) is 3.67. The highest BCUT2D eigenvalue weighted by atomic mass is 16.8. The fraction of sp³-hybridized carbons (Fsp3) is 0.344. The monoisotopic (exact) mass is 608 g/mol. The number of ether oxygens (including phenoxy) is 9. The fourth-order valence-corrected chi connectivity index (χ4v) is 4.70. The highest BCUT2D eigenvalue weighted by molar-refractivity contribution is 5.62. The highest BCUT2D eigenvalue weighted by Crippen LogP contribution is 2.35. The Bertz CT molecular complexity index is 1300. The average molecular weight is 609 g/mol. The van der Waals surface area contributed by atoms with Gasteiger partial charge in [-0.25, -0.2) is 9.59 Å². The number of carbonyl (C=O) groups is 3. The van der Waals surface area contributed by atoms with Gasteiger partial charge >= 0.3 is 12.3 Å². The lowest BCUT2D eigenvalue weighted by Crippen LogP contribution is -2.26. The third-order valence-electron chi connectivity index (χ3n) is 6.85. The fourth-order valence-electron chi connectivity index (χ4n) is 4.70. The summed E-state index contributed by atoms with van der Waals surface area (Å²) in [6.45, 7) is 1.45. The first-order valence-electron chi connectivity index (χ1n) is 13.9. The van der Waals surface area contributed by atoms with Crippen LogP contribution in [0.25, 0.3) is 0 Å². The lowest BCUT2D eigenvalue weighted by molar-refractivity contribution is -0.137. The second kappa shape index (κ2) is 15.0. The summed E-state index contributed by atoms with van der Waals surface area (Å²) < 4.78 is 47.1. The van der Waals surface area contributed by atoms with Crippen LogP contribution < -0.4 is 14.2 Å². The van der Waals surface area contributed by atoms with E-state index in [2.05, 4.69) is 0 Å². The van der Waals surface area contributed by atoms with E-state index in [-0.39, 0.29) is 45.6 Å². The zero-order valence-electron chi connectivity index (χ0n) is 24.0. The Morgan fingerprint density at radius 2 is 1.11 bits per heavy atom. The Labute approximate surface area is 253 Å². The van der Waals surface area contributed by atoms with Crippen molar-refractivity contribution in [2.75, 3.05) is 46.8 Å². The molecular weight excluding hydrogens is 576 g/mol. The summed E-state index contributed by atoms with van der Waals surface area (Å²) >= 11 is 0. The topological polar surface area (TPSA) is 134 Å². The van der Waals surface area contributed by atoms with E-state index in [0.29, 0.717) is 23.7 Å². The van der Waals surface area contributed by atoms with Crippen molar-refractivity contribution in [1.29, 1.82) is 0 Å². The van der Waals surface area contributed by atoms with Gasteiger partial charge in [-0.2, -0.15) is 0 Å². The Balaban J connectivity index is 1.30. The molecule has 0 N–H and O–H groups in total. The Kier molecular flexibility index (Phi) is 10.4. The molecule has 12 heteroatoms. The van der Waals surface area contributed by atoms with Crippen molar-refractivity contribution < 1.29 is 57.0 Å². The molecule has 2 aliphatic rings. The molecule has 0 saturated carbocycles. The van der Waals surface area contributed by atoms with Crippen molar-refractivity contribution in [2.24, 2.45) is 0 Å². The Morgan fingerprint density at radius 1 is 0.682 bits per heavy atom. The predicted octanol–water partition coefficient (Wildman–Crippen LogP) is 4.26. The van der Waals surface area contributed by atoms with Crippen LogP contribution in [0.1, 0.15) is 22.6 Å². The van der Waals surface area contributed by atoms with Gasteiger partial charge in [0, 0.05) is 13.0 Å². The highest BCUT2D eigenvalue weighted by Gasteiger charge is 2.27. The van der Waals surface area contributed by atoms with Gasteiger partial charge in [0.1, 0.15) is 50.3 Å². The maximum atomic E-state index is 11.2. The molecule has 12 nitrogen and oxygen atoms in total. The van der Waals surface area contributed by atoms with E-state index in [9.17, 15) is 14.4 Å². The molecule has 0 radical (unpaired) electrons. The molecule has 2 saturated heterocycles. The van der Waals surface area contributed by atoms with E-state index in [1.54, 1.807) is 0 Å². The molecule has 0 aliphatic carbocycles. The van der Waals surface area contributed by atoms with Crippen LogP contribution in [-0.4, -0.2) is 83.8 Å². The summed E-state index contributed by atoms with van der Waals surface area (Å²) in [5, 5.41) is 0. The van der Waals surface area contributed by atoms with Crippen molar-refractivity contribution in [1.82, 2.24) is 0 Å². The zero-order valence-corrected chi connectivity index (χ0v) is 24.0. The molecule has 2 fully saturated rings. The van der Waals surface area contributed by atoms with E-state index >= 15 is 0 Å². The van der Waals surface area contributed by atoms with Crippen LogP contribution >= 0.6 is 0 Å². The number of hydrogen-bond acceptors (Lipinski definition) is 12. The molecule has 232 valence electrons. The quantitative estimate of drug-likeness (QED) is 0.0995. The second-order valence-corrected chi connectivity index (χ2v) is 9.98. The third-order valence-corrected chi connectivity index (χ3v) is 6.85. The molecule has 3 unspecified atom stereocenters. The number of benzene rings is 3. The van der Waals surface area contributed by atoms with Gasteiger partial charge in [-0.3, -0.25) is 4.79 Å². The van der Waals surface area contributed by atoms with E-state index < -0.39 is 30.6 Å². The molecule has 2 heterocycles. The molecule has 2 aliphatic heterocycles. The van der Waals surface area contributed by atoms with Gasteiger partial charge in [0.25, 0.3) is 6.47 Å². The van der Waals surface area contributed by atoms with Gasteiger partial charge in [0.15, 0.2) is 18.3 Å². The summed E-state index contributed by atoms with van der Waals surface area (Å²) in [7, 11) is 1.52. The summed E-state index contributed by atoms with van der Waals surface area (Å²) in [5.41, 5.74) is 3.01. The maximum Gasteiger partial charge on any atom is 0.508 e. The van der Waals surface area contributed by atoms with Gasteiger partial charge in [-0.05, 0) is 53.1 Å². The first kappa shape index (κ1) is 30.5. The third kappa shape index (κ3) is 8.32. The Morgan fingerprint density at radius 3 is 1.48 bits per heavy atom. The van der Waals surface area contributed by atoms with Crippen LogP contribution in [0, 0.1) is 0 Å². The number of carbonyl (C=O) groups excluding carboxylic acids is 3. The summed E-state index contributed by atoms with van der Waals surface area (Å²) in [5.74, 6) is 1.72. The molecule has 3 atom stereocenters. The SMILES string of the molecule is COCC(COc1ccc(C(c2ccc(OCC3COC(=O)O3)cc2)c2ccc(OCC3COC(=O)O3)cc2)cc1)OC=O. The standard InChI is InChI=1S/C32H32O12/c1-36-14-27(42-20-33)15-37-24-8-2-21(3-9-24)30(22-4-10-25(11-5-22)38-16-28-18-40-31(34)43-28)23-6-12-26(13-7-23)39-17-29-19-41-32(35)44-29/h2-13,20,27-30H,14-19H2,1H3. The van der Waals surface area contributed by atoms with Crippen LogP contribution in [-0.2, 0) is 33.2 Å². The molecule has 0 bridgehead atoms. The zero-order chi connectivity index (χ0) is 30.7.